The molecule has 0 rings (SSSR count). The topological polar surface area (TPSA) is 35.5 Å². The fourth-order valence-corrected chi connectivity index (χ4v) is 7.57. The molecule has 0 aromatic rings. The molecule has 0 saturated heterocycles. The van der Waals surface area contributed by atoms with Crippen LogP contribution in [0.25, 0.3) is 0 Å². The number of hydrogen-bond donors (Lipinski definition) is 0. The maximum Gasteiger partial charge on any atom is 0.673 e. The zero-order valence-electron chi connectivity index (χ0n) is 11.5. The monoisotopic (exact) mass is 281 g/mol. The highest BCUT2D eigenvalue weighted by atomic mass is 31.1. The lowest BCUT2D eigenvalue weighted by Gasteiger charge is -2.19. The molecule has 0 amide bonds. The standard InChI is InChI=1S/C10H26O3PSi2/c1-7-15(5,8-2)12-14(11)13-16(6,9-3)10-4/h7-10H2,1-6H3/q+1. The van der Waals surface area contributed by atoms with Crippen LogP contribution in [0.3, 0.4) is 0 Å². The molecule has 0 N–H and O–H groups in total. The zero-order chi connectivity index (χ0) is 12.8. The molecule has 0 saturated carbocycles. The lowest BCUT2D eigenvalue weighted by atomic mass is 10.9. The number of hydrogen-bond acceptors (Lipinski definition) is 3. The summed E-state index contributed by atoms with van der Waals surface area (Å²) in [7, 11) is -5.45. The molecule has 0 spiro atoms. The highest BCUT2D eigenvalue weighted by molar-refractivity contribution is 7.38. The maximum absolute atomic E-state index is 11.9. The third kappa shape index (κ3) is 5.19. The van der Waals surface area contributed by atoms with E-state index in [1.807, 2.05) is 0 Å². The van der Waals surface area contributed by atoms with Crippen molar-refractivity contribution in [3.8, 4) is 0 Å². The highest BCUT2D eigenvalue weighted by Gasteiger charge is 2.43. The molecule has 0 aliphatic carbocycles. The summed E-state index contributed by atoms with van der Waals surface area (Å²) in [6.45, 7) is 12.7. The predicted octanol–water partition coefficient (Wildman–Crippen LogP) is 4.91. The average Bonchev–Trinajstić information content (AvgIpc) is 2.28. The minimum atomic E-state index is -1.91. The largest absolute Gasteiger partial charge is 0.673 e. The van der Waals surface area contributed by atoms with E-state index in [0.29, 0.717) is 0 Å². The Morgan fingerprint density at radius 3 is 1.25 bits per heavy atom. The van der Waals surface area contributed by atoms with E-state index in [-0.39, 0.29) is 0 Å². The van der Waals surface area contributed by atoms with E-state index in [1.54, 1.807) is 0 Å². The van der Waals surface area contributed by atoms with Crippen LogP contribution in [0, 0.1) is 0 Å². The van der Waals surface area contributed by atoms with Crippen molar-refractivity contribution >= 4 is 24.9 Å². The van der Waals surface area contributed by atoms with Gasteiger partial charge in [0.05, 0.1) is 0 Å². The minimum absolute atomic E-state index is 0.991. The van der Waals surface area contributed by atoms with Gasteiger partial charge in [-0.15, -0.1) is 0 Å². The van der Waals surface area contributed by atoms with Gasteiger partial charge in [-0.2, -0.15) is 8.43 Å². The summed E-state index contributed by atoms with van der Waals surface area (Å²) in [4.78, 5) is 0. The molecular formula is C10H26O3PSi2+. The summed E-state index contributed by atoms with van der Waals surface area (Å²) in [6, 6.07) is 3.96. The Kier molecular flexibility index (Phi) is 7.21. The first-order valence-corrected chi connectivity index (χ1v) is 12.9. The molecule has 0 fully saturated rings. The van der Waals surface area contributed by atoms with Crippen LogP contribution in [-0.4, -0.2) is 16.6 Å². The van der Waals surface area contributed by atoms with Crippen LogP contribution >= 0.6 is 8.25 Å². The molecule has 0 atom stereocenters. The first-order valence-electron chi connectivity index (χ1n) is 6.20. The quantitative estimate of drug-likeness (QED) is 0.468. The molecule has 0 bridgehead atoms. The third-order valence-corrected chi connectivity index (χ3v) is 14.3. The van der Waals surface area contributed by atoms with Gasteiger partial charge >= 0.3 is 8.25 Å². The Labute approximate surface area is 103 Å². The molecular weight excluding hydrogens is 255 g/mol. The van der Waals surface area contributed by atoms with Crippen LogP contribution in [-0.2, 0) is 13.0 Å². The van der Waals surface area contributed by atoms with Crippen molar-refractivity contribution in [2.24, 2.45) is 0 Å². The van der Waals surface area contributed by atoms with E-state index in [2.05, 4.69) is 40.8 Å². The Bertz CT molecular complexity index is 206. The lowest BCUT2D eigenvalue weighted by Crippen LogP contribution is -2.33. The summed E-state index contributed by atoms with van der Waals surface area (Å²) < 4.78 is 23.3. The summed E-state index contributed by atoms with van der Waals surface area (Å²) in [5.74, 6) is 0. The summed E-state index contributed by atoms with van der Waals surface area (Å²) in [6.07, 6.45) is 0. The Balaban J connectivity index is 4.38. The molecule has 0 radical (unpaired) electrons. The van der Waals surface area contributed by atoms with E-state index in [0.717, 1.165) is 24.2 Å². The molecule has 0 aliphatic heterocycles. The molecule has 0 unspecified atom stereocenters. The van der Waals surface area contributed by atoms with Gasteiger partial charge in [-0.3, -0.25) is 0 Å². The van der Waals surface area contributed by atoms with Gasteiger partial charge < -0.3 is 0 Å². The van der Waals surface area contributed by atoms with Crippen molar-refractivity contribution in [3.63, 3.8) is 0 Å². The lowest BCUT2D eigenvalue weighted by molar-refractivity contribution is 0.404. The number of rotatable bonds is 8. The normalized spacial score (nSPS) is 12.9. The van der Waals surface area contributed by atoms with Gasteiger partial charge in [0, 0.05) is 4.57 Å². The van der Waals surface area contributed by atoms with Crippen molar-refractivity contribution in [1.82, 2.24) is 0 Å². The Hall–Kier alpha value is 0.454. The van der Waals surface area contributed by atoms with Gasteiger partial charge in [0.2, 0.25) is 0 Å². The van der Waals surface area contributed by atoms with Gasteiger partial charge in [0.1, 0.15) is 0 Å². The van der Waals surface area contributed by atoms with Crippen LogP contribution in [0.2, 0.25) is 37.3 Å². The van der Waals surface area contributed by atoms with Crippen molar-refractivity contribution in [1.29, 1.82) is 0 Å². The van der Waals surface area contributed by atoms with Crippen molar-refractivity contribution < 1.29 is 13.0 Å². The second-order valence-corrected chi connectivity index (χ2v) is 15.3. The highest BCUT2D eigenvalue weighted by Crippen LogP contribution is 2.38. The Morgan fingerprint density at radius 2 is 1.06 bits per heavy atom. The second-order valence-electron chi connectivity index (χ2n) is 4.72. The fourth-order valence-electron chi connectivity index (χ4n) is 1.14. The Morgan fingerprint density at radius 1 is 0.812 bits per heavy atom. The second kappa shape index (κ2) is 7.01. The molecule has 0 heterocycles. The van der Waals surface area contributed by atoms with Crippen LogP contribution in [0.5, 0.6) is 0 Å². The van der Waals surface area contributed by atoms with E-state index in [4.69, 9.17) is 8.43 Å². The molecule has 6 heteroatoms. The zero-order valence-corrected chi connectivity index (χ0v) is 14.4. The van der Waals surface area contributed by atoms with Crippen LogP contribution in [0.15, 0.2) is 0 Å². The summed E-state index contributed by atoms with van der Waals surface area (Å²) >= 11 is 0. The smallest absolute Gasteiger partial charge is 0.176 e. The van der Waals surface area contributed by atoms with Crippen LogP contribution in [0.4, 0.5) is 0 Å². The molecule has 16 heavy (non-hydrogen) atoms. The van der Waals surface area contributed by atoms with Crippen molar-refractivity contribution in [2.75, 3.05) is 0 Å². The molecule has 3 nitrogen and oxygen atoms in total. The average molecular weight is 281 g/mol. The van der Waals surface area contributed by atoms with Gasteiger partial charge in [-0.05, 0) is 37.3 Å². The first kappa shape index (κ1) is 16.5. The van der Waals surface area contributed by atoms with Gasteiger partial charge in [-0.1, -0.05) is 27.7 Å². The van der Waals surface area contributed by atoms with E-state index < -0.39 is 24.9 Å². The van der Waals surface area contributed by atoms with Crippen LogP contribution in [0.1, 0.15) is 27.7 Å². The van der Waals surface area contributed by atoms with Crippen molar-refractivity contribution in [3.05, 3.63) is 0 Å². The SMILES string of the molecule is CC[Si](C)(CC)O[P+](=O)O[Si](C)(CC)CC. The van der Waals surface area contributed by atoms with Crippen molar-refractivity contribution in [2.45, 2.75) is 65.0 Å². The molecule has 0 aliphatic rings. The van der Waals surface area contributed by atoms with Gasteiger partial charge in [0.15, 0.2) is 0 Å². The van der Waals surface area contributed by atoms with Gasteiger partial charge in [-0.25, -0.2) is 0 Å². The van der Waals surface area contributed by atoms with Crippen LogP contribution < -0.4 is 0 Å². The molecule has 0 aromatic carbocycles. The fraction of sp³-hybridized carbons (Fsp3) is 1.00. The molecule has 0 aromatic heterocycles. The molecule has 96 valence electrons. The summed E-state index contributed by atoms with van der Waals surface area (Å²) in [5.41, 5.74) is 0. The summed E-state index contributed by atoms with van der Waals surface area (Å²) in [5, 5.41) is 0. The maximum atomic E-state index is 11.9. The predicted molar refractivity (Wildman–Crippen MR) is 74.9 cm³/mol. The first-order chi connectivity index (χ1) is 7.34. The van der Waals surface area contributed by atoms with Gasteiger partial charge in [0.25, 0.3) is 16.6 Å². The minimum Gasteiger partial charge on any atom is -0.176 e. The van der Waals surface area contributed by atoms with E-state index in [9.17, 15) is 4.57 Å². The van der Waals surface area contributed by atoms with E-state index in [1.165, 1.54) is 0 Å². The van der Waals surface area contributed by atoms with E-state index >= 15 is 0 Å². The third-order valence-electron chi connectivity index (χ3n) is 3.58.